The quantitative estimate of drug-likeness (QED) is 0.292. The van der Waals surface area contributed by atoms with Crippen LogP contribution < -0.4 is 4.74 Å². The molecule has 1 heterocycles. The molecule has 0 saturated carbocycles. The highest BCUT2D eigenvalue weighted by Gasteiger charge is 2.27. The van der Waals surface area contributed by atoms with Gasteiger partial charge in [-0.1, -0.05) is 75.7 Å². The van der Waals surface area contributed by atoms with Gasteiger partial charge in [0.05, 0.1) is 15.4 Å². The second kappa shape index (κ2) is 13.6. The second-order valence-corrected chi connectivity index (χ2v) is 15.3. The third-order valence-electron chi connectivity index (χ3n) is 5.60. The lowest BCUT2D eigenvalue weighted by molar-refractivity contribution is 0.159. The molecule has 5 nitrogen and oxygen atoms in total. The van der Waals surface area contributed by atoms with Gasteiger partial charge in [0, 0.05) is 43.2 Å². The standard InChI is InChI=1S/C26H37ClN2O3S3/c1-20(2)33-26(34-21(3)4)23-10-11-25(24(27)18-23)32-17-16-28-12-14-29(15-13-28)35(30,31)19-22-8-6-5-7-9-22/h5-11,18,20-21,26H,12-17,19H2,1-4H3. The largest absolute Gasteiger partial charge is 0.491 e. The van der Waals surface area contributed by atoms with Crippen LogP contribution in [-0.4, -0.2) is 67.5 Å². The van der Waals surface area contributed by atoms with Crippen molar-refractivity contribution in [2.45, 2.75) is 48.5 Å². The van der Waals surface area contributed by atoms with Crippen LogP contribution in [0.15, 0.2) is 48.5 Å². The van der Waals surface area contributed by atoms with Crippen molar-refractivity contribution in [3.63, 3.8) is 0 Å². The maximum absolute atomic E-state index is 12.8. The molecule has 2 aromatic carbocycles. The van der Waals surface area contributed by atoms with E-state index < -0.39 is 10.0 Å². The van der Waals surface area contributed by atoms with Crippen LogP contribution in [-0.2, 0) is 15.8 Å². The SMILES string of the molecule is CC(C)SC(SC(C)C)c1ccc(OCCN2CCN(S(=O)(=O)Cc3ccccc3)CC2)c(Cl)c1. The van der Waals surface area contributed by atoms with E-state index in [1.54, 1.807) is 4.31 Å². The lowest BCUT2D eigenvalue weighted by Crippen LogP contribution is -2.49. The van der Waals surface area contributed by atoms with Gasteiger partial charge >= 0.3 is 0 Å². The summed E-state index contributed by atoms with van der Waals surface area (Å²) in [5, 5.41) is 1.71. The van der Waals surface area contributed by atoms with Gasteiger partial charge in [0.15, 0.2) is 0 Å². The molecule has 0 radical (unpaired) electrons. The van der Waals surface area contributed by atoms with E-state index in [1.165, 1.54) is 5.56 Å². The van der Waals surface area contributed by atoms with Crippen molar-refractivity contribution in [1.82, 2.24) is 9.21 Å². The van der Waals surface area contributed by atoms with Gasteiger partial charge in [0.2, 0.25) is 10.0 Å². The third kappa shape index (κ3) is 9.17. The Balaban J connectivity index is 1.47. The zero-order valence-electron chi connectivity index (χ0n) is 21.0. The van der Waals surface area contributed by atoms with Gasteiger partial charge in [-0.25, -0.2) is 8.42 Å². The van der Waals surface area contributed by atoms with Gasteiger partial charge in [0.1, 0.15) is 12.4 Å². The molecule has 35 heavy (non-hydrogen) atoms. The highest BCUT2D eigenvalue weighted by molar-refractivity contribution is 8.16. The van der Waals surface area contributed by atoms with Crippen molar-refractivity contribution in [2.75, 3.05) is 39.3 Å². The van der Waals surface area contributed by atoms with E-state index in [1.807, 2.05) is 66.0 Å². The first-order chi connectivity index (χ1) is 16.6. The topological polar surface area (TPSA) is 49.9 Å². The van der Waals surface area contributed by atoms with Crippen LogP contribution in [0.5, 0.6) is 5.75 Å². The lowest BCUT2D eigenvalue weighted by Gasteiger charge is -2.33. The van der Waals surface area contributed by atoms with Gasteiger partial charge < -0.3 is 4.74 Å². The molecule has 1 aliphatic heterocycles. The molecule has 0 amide bonds. The van der Waals surface area contributed by atoms with Crippen LogP contribution >= 0.6 is 35.1 Å². The molecule has 0 bridgehead atoms. The van der Waals surface area contributed by atoms with Gasteiger partial charge in [0.25, 0.3) is 0 Å². The summed E-state index contributed by atoms with van der Waals surface area (Å²) >= 11 is 10.5. The monoisotopic (exact) mass is 556 g/mol. The van der Waals surface area contributed by atoms with Crippen LogP contribution in [0, 0.1) is 0 Å². The molecule has 0 spiro atoms. The second-order valence-electron chi connectivity index (χ2n) is 9.22. The first kappa shape index (κ1) is 28.7. The number of hydrogen-bond donors (Lipinski definition) is 0. The Morgan fingerprint density at radius 2 is 1.57 bits per heavy atom. The number of rotatable bonds is 12. The summed E-state index contributed by atoms with van der Waals surface area (Å²) < 4.78 is 33.5. The summed E-state index contributed by atoms with van der Waals surface area (Å²) in [5.74, 6) is 0.750. The van der Waals surface area contributed by atoms with Crippen LogP contribution in [0.2, 0.25) is 5.02 Å². The summed E-state index contributed by atoms with van der Waals surface area (Å²) in [6, 6.07) is 15.5. The van der Waals surface area contributed by atoms with E-state index in [-0.39, 0.29) is 5.75 Å². The zero-order chi connectivity index (χ0) is 25.4. The number of benzene rings is 2. The average molecular weight is 557 g/mol. The highest BCUT2D eigenvalue weighted by atomic mass is 35.5. The summed E-state index contributed by atoms with van der Waals surface area (Å²) in [5.41, 5.74) is 2.04. The van der Waals surface area contributed by atoms with E-state index >= 15 is 0 Å². The van der Waals surface area contributed by atoms with Crippen molar-refractivity contribution in [3.05, 3.63) is 64.7 Å². The molecule has 1 saturated heterocycles. The Kier molecular flexibility index (Phi) is 11.1. The third-order valence-corrected chi connectivity index (χ3v) is 10.5. The zero-order valence-corrected chi connectivity index (χ0v) is 24.2. The fourth-order valence-electron chi connectivity index (χ4n) is 3.86. The molecule has 3 rings (SSSR count). The molecule has 194 valence electrons. The summed E-state index contributed by atoms with van der Waals surface area (Å²) in [7, 11) is -3.30. The van der Waals surface area contributed by atoms with Gasteiger partial charge in [-0.3, -0.25) is 4.90 Å². The van der Waals surface area contributed by atoms with Crippen LogP contribution in [0.3, 0.4) is 0 Å². The smallest absolute Gasteiger partial charge is 0.218 e. The molecule has 1 fully saturated rings. The van der Waals surface area contributed by atoms with E-state index in [2.05, 4.69) is 38.7 Å². The predicted octanol–water partition coefficient (Wildman–Crippen LogP) is 6.15. The number of sulfonamides is 1. The van der Waals surface area contributed by atoms with E-state index in [4.69, 9.17) is 16.3 Å². The van der Waals surface area contributed by atoms with Gasteiger partial charge in [-0.2, -0.15) is 4.31 Å². The molecule has 0 atom stereocenters. The molecule has 2 aromatic rings. The van der Waals surface area contributed by atoms with Crippen molar-refractivity contribution in [3.8, 4) is 5.75 Å². The first-order valence-corrected chi connectivity index (χ1v) is 16.0. The first-order valence-electron chi connectivity index (χ1n) is 12.1. The van der Waals surface area contributed by atoms with Crippen LogP contribution in [0.1, 0.15) is 43.4 Å². The maximum atomic E-state index is 12.8. The van der Waals surface area contributed by atoms with Crippen LogP contribution in [0.4, 0.5) is 0 Å². The predicted molar refractivity (Wildman–Crippen MR) is 152 cm³/mol. The number of piperazine rings is 1. The maximum Gasteiger partial charge on any atom is 0.218 e. The molecule has 9 heteroatoms. The number of ether oxygens (including phenoxy) is 1. The molecular weight excluding hydrogens is 520 g/mol. The Morgan fingerprint density at radius 1 is 0.943 bits per heavy atom. The van der Waals surface area contributed by atoms with Gasteiger partial charge in [-0.15, -0.1) is 23.5 Å². The van der Waals surface area contributed by atoms with E-state index in [0.29, 0.717) is 58.6 Å². The number of nitrogens with zero attached hydrogens (tertiary/aromatic N) is 2. The molecular formula is C26H37ClN2O3S3. The van der Waals surface area contributed by atoms with Crippen molar-refractivity contribution in [1.29, 1.82) is 0 Å². The summed E-state index contributed by atoms with van der Waals surface area (Å²) in [4.78, 5) is 2.24. The molecule has 1 aliphatic rings. The molecule has 0 aliphatic carbocycles. The normalized spacial score (nSPS) is 15.9. The highest BCUT2D eigenvalue weighted by Crippen LogP contribution is 2.45. The molecule has 0 aromatic heterocycles. The van der Waals surface area contributed by atoms with E-state index in [0.717, 1.165) is 12.1 Å². The molecule has 0 unspecified atom stereocenters. The Hall–Kier alpha value is -0.900. The van der Waals surface area contributed by atoms with Crippen molar-refractivity contribution >= 4 is 45.1 Å². The minimum Gasteiger partial charge on any atom is -0.491 e. The number of halogens is 1. The van der Waals surface area contributed by atoms with Crippen molar-refractivity contribution in [2.24, 2.45) is 0 Å². The Bertz CT molecular complexity index is 1020. The van der Waals surface area contributed by atoms with Crippen LogP contribution in [0.25, 0.3) is 0 Å². The van der Waals surface area contributed by atoms with Crippen molar-refractivity contribution < 1.29 is 13.2 Å². The fourth-order valence-corrected chi connectivity index (χ4v) is 8.80. The number of thioether (sulfide) groups is 2. The fraction of sp³-hybridized carbons (Fsp3) is 0.538. The minimum absolute atomic E-state index is 0.0532. The van der Waals surface area contributed by atoms with Gasteiger partial charge in [-0.05, 0) is 23.3 Å². The average Bonchev–Trinajstić information content (AvgIpc) is 2.80. The minimum atomic E-state index is -3.30. The summed E-state index contributed by atoms with van der Waals surface area (Å²) in [6.07, 6.45) is 0. The Morgan fingerprint density at radius 3 is 2.14 bits per heavy atom. The Labute approximate surface area is 225 Å². The number of hydrogen-bond acceptors (Lipinski definition) is 6. The lowest BCUT2D eigenvalue weighted by atomic mass is 10.2. The summed E-state index contributed by atoms with van der Waals surface area (Å²) in [6.45, 7) is 12.5. The van der Waals surface area contributed by atoms with E-state index in [9.17, 15) is 8.42 Å². The molecule has 0 N–H and O–H groups in total.